The van der Waals surface area contributed by atoms with Gasteiger partial charge in [0.2, 0.25) is 47.3 Å². The summed E-state index contributed by atoms with van der Waals surface area (Å²) in [5.41, 5.74) is 7.23. The number of unbranched alkanes of at least 4 members (excludes halogenated alkanes) is 2. The maximum absolute atomic E-state index is 15.1. The Kier molecular flexibility index (Phi) is 21.5. The van der Waals surface area contributed by atoms with Gasteiger partial charge in [-0.25, -0.2) is 4.79 Å². The molecule has 2 aromatic rings. The van der Waals surface area contributed by atoms with E-state index in [9.17, 15) is 53.7 Å². The minimum absolute atomic E-state index is 0.0594. The van der Waals surface area contributed by atoms with E-state index in [1.807, 2.05) is 6.92 Å². The third kappa shape index (κ3) is 16.3. The smallest absolute Gasteiger partial charge is 0.329 e. The number of phenolic OH excluding ortho intramolecular Hbond substituents is 1. The van der Waals surface area contributed by atoms with Crippen molar-refractivity contribution in [3.63, 3.8) is 0 Å². The first-order valence-corrected chi connectivity index (χ1v) is 25.6. The quantitative estimate of drug-likeness (QED) is 0.0609. The number of carbonyl (C=O) groups excluding carboxylic acids is 9. The predicted octanol–water partition coefficient (Wildman–Crippen LogP) is 1.05. The number of aliphatic hydroxyl groups is 2. The Morgan fingerprint density at radius 3 is 2.12 bits per heavy atom. The Hall–Kier alpha value is -6.87. The van der Waals surface area contributed by atoms with Crippen LogP contribution in [0.25, 0.3) is 0 Å². The topological polar surface area (TPSA) is 316 Å². The molecule has 10 atom stereocenters. The van der Waals surface area contributed by atoms with Gasteiger partial charge in [-0.2, -0.15) is 0 Å². The first-order chi connectivity index (χ1) is 35.2. The number of aromatic hydroxyl groups is 1. The predicted molar refractivity (Wildman–Crippen MR) is 270 cm³/mol. The fourth-order valence-corrected chi connectivity index (χ4v) is 9.34. The summed E-state index contributed by atoms with van der Waals surface area (Å²) in [5.74, 6) is -8.30. The number of likely N-dealkylation sites (N-methyl/N-ethyl adjacent to an activating group) is 1. The summed E-state index contributed by atoms with van der Waals surface area (Å²) in [5, 5.41) is 45.4. The Morgan fingerprint density at radius 1 is 0.811 bits per heavy atom. The van der Waals surface area contributed by atoms with E-state index in [-0.39, 0.29) is 63.5 Å². The first kappa shape index (κ1) is 58.0. The molecule has 8 amide bonds. The van der Waals surface area contributed by atoms with Crippen LogP contribution in [0.3, 0.4) is 0 Å². The number of carbonyl (C=O) groups is 9. The number of ether oxygens (including phenoxy) is 1. The second kappa shape index (κ2) is 27.4. The summed E-state index contributed by atoms with van der Waals surface area (Å²) in [6, 6.07) is 4.34. The van der Waals surface area contributed by atoms with E-state index < -0.39 is 120 Å². The zero-order valence-electron chi connectivity index (χ0n) is 42.9. The lowest BCUT2D eigenvalue weighted by Crippen LogP contribution is -2.65. The molecule has 2 saturated heterocycles. The molecule has 2 aromatic carbocycles. The molecule has 404 valence electrons. The molecule has 5 rings (SSSR count). The summed E-state index contributed by atoms with van der Waals surface area (Å²) in [4.78, 5) is 130. The van der Waals surface area contributed by atoms with Crippen molar-refractivity contribution in [3.05, 3.63) is 77.4 Å². The molecule has 2 heterocycles. The number of cyclic esters (lactones) is 1. The molecule has 21 nitrogen and oxygen atoms in total. The molecule has 2 fully saturated rings. The van der Waals surface area contributed by atoms with Gasteiger partial charge in [0.1, 0.15) is 60.4 Å². The number of nitrogens with one attached hydrogen (secondary N) is 5. The summed E-state index contributed by atoms with van der Waals surface area (Å²) < 4.78 is 5.93. The normalized spacial score (nSPS) is 26.0. The van der Waals surface area contributed by atoms with Gasteiger partial charge in [0.05, 0.1) is 6.10 Å². The summed E-state index contributed by atoms with van der Waals surface area (Å²) in [6.45, 7) is 6.49. The highest BCUT2D eigenvalue weighted by molar-refractivity contribution is 5.98. The number of aliphatic hydroxyl groups excluding tert-OH is 2. The van der Waals surface area contributed by atoms with Gasteiger partial charge in [-0.05, 0) is 87.5 Å². The standard InChI is InChI=1S/C53H74N8O13/c1-6-7-9-14-43(65)55-37(23-25-42(54)64)47(67)59-46-31(4)74-53(73)45(30(2)3)58-49(69)40(28-34-17-21-36(63)22-18-34)60(5)52(72)41(29-32-12-10-8-11-13-32)61-44(66)26-24-38(51(61)71)56-48(68)39(57-50(46)70)27-33-15-19-35(62)20-16-33/h8,10-13,15,17-18,21-22,30-31,35,37-41,44-46,62-63,66H,6-7,9,14,16,19-20,23-29H2,1-5H3,(H2,54,64)(H,55,65)(H,56,68)(H,57,70)(H,58,69)(H,59,67)/t31-,35+,37+,38?,39+,40+,41+,44-,45+,46+/m1/s1. The van der Waals surface area contributed by atoms with Crippen molar-refractivity contribution < 1.29 is 63.2 Å². The van der Waals surface area contributed by atoms with Crippen LogP contribution >= 0.6 is 0 Å². The molecular formula is C53H74N8O13. The van der Waals surface area contributed by atoms with Gasteiger partial charge < -0.3 is 62.2 Å². The molecule has 10 N–H and O–H groups in total. The van der Waals surface area contributed by atoms with Crippen LogP contribution in [0.4, 0.5) is 0 Å². The Bertz CT molecular complexity index is 2350. The number of nitrogens with zero attached hydrogens (tertiary/aromatic N) is 2. The van der Waals surface area contributed by atoms with E-state index in [0.717, 1.165) is 22.6 Å². The number of fused-ring (bicyclic) bond motifs is 2. The summed E-state index contributed by atoms with van der Waals surface area (Å²) in [7, 11) is 1.36. The van der Waals surface area contributed by atoms with Crippen LogP contribution < -0.4 is 32.3 Å². The number of esters is 1. The van der Waals surface area contributed by atoms with Gasteiger partial charge in [0.15, 0.2) is 0 Å². The van der Waals surface area contributed by atoms with Crippen molar-refractivity contribution in [1.82, 2.24) is 36.4 Å². The number of piperidine rings is 1. The van der Waals surface area contributed by atoms with Crippen LogP contribution in [0.2, 0.25) is 0 Å². The average molecular weight is 1030 g/mol. The Labute approximate surface area is 431 Å². The monoisotopic (exact) mass is 1030 g/mol. The molecule has 3 aliphatic rings. The van der Waals surface area contributed by atoms with Crippen molar-refractivity contribution in [2.45, 2.75) is 178 Å². The number of primary amides is 1. The van der Waals surface area contributed by atoms with Gasteiger partial charge in [-0.3, -0.25) is 38.4 Å². The number of amides is 8. The zero-order chi connectivity index (χ0) is 54.2. The number of phenols is 1. The highest BCUT2D eigenvalue weighted by atomic mass is 16.5. The van der Waals surface area contributed by atoms with Crippen molar-refractivity contribution in [3.8, 4) is 5.75 Å². The van der Waals surface area contributed by atoms with E-state index in [1.165, 1.54) is 26.1 Å². The van der Waals surface area contributed by atoms with Crippen LogP contribution in [0.15, 0.2) is 66.2 Å². The second-order valence-corrected chi connectivity index (χ2v) is 19.9. The average Bonchev–Trinajstić information content (AvgIpc) is 3.36. The molecule has 1 aliphatic carbocycles. The Balaban J connectivity index is 1.63. The van der Waals surface area contributed by atoms with E-state index in [0.29, 0.717) is 36.0 Å². The molecule has 0 radical (unpaired) electrons. The molecule has 21 heteroatoms. The SMILES string of the molecule is CCCCCC(=O)N[C@@H](CCC(N)=O)C(=O)N[C@@H]1C(=O)N[C@@H](CC2=CC[C@H](O)CC2)C(=O)NC2CC[C@@H](O)N(C2=O)[C@@H](Cc2ccccc2)C(=O)N(C)[C@@H](Cc2ccc(O)cc2)C(=O)N[C@@H](C(C)C)C(=O)O[C@@H]1C. The maximum Gasteiger partial charge on any atom is 0.329 e. The molecule has 1 unspecified atom stereocenters. The van der Waals surface area contributed by atoms with Crippen LogP contribution in [-0.4, -0.2) is 146 Å². The van der Waals surface area contributed by atoms with Gasteiger partial charge in [-0.15, -0.1) is 0 Å². The number of rotatable bonds is 17. The van der Waals surface area contributed by atoms with E-state index in [4.69, 9.17) is 10.5 Å². The van der Waals surface area contributed by atoms with Crippen molar-refractivity contribution in [2.24, 2.45) is 11.7 Å². The number of nitrogens with two attached hydrogens (primary N) is 1. The van der Waals surface area contributed by atoms with Gasteiger partial charge in [0, 0.05) is 32.7 Å². The van der Waals surface area contributed by atoms with Gasteiger partial charge >= 0.3 is 5.97 Å². The van der Waals surface area contributed by atoms with Gasteiger partial charge in [0.25, 0.3) is 0 Å². The molecular weight excluding hydrogens is 957 g/mol. The lowest BCUT2D eigenvalue weighted by atomic mass is 9.91. The lowest BCUT2D eigenvalue weighted by molar-refractivity contribution is -0.165. The molecule has 0 aromatic heterocycles. The molecule has 2 bridgehead atoms. The van der Waals surface area contributed by atoms with Gasteiger partial charge in [-0.1, -0.05) is 87.7 Å². The number of benzene rings is 2. The molecule has 0 spiro atoms. The van der Waals surface area contributed by atoms with E-state index in [1.54, 1.807) is 62.4 Å². The molecule has 0 saturated carbocycles. The van der Waals surface area contributed by atoms with Crippen molar-refractivity contribution in [2.75, 3.05) is 7.05 Å². The largest absolute Gasteiger partial charge is 0.508 e. The van der Waals surface area contributed by atoms with Crippen molar-refractivity contribution in [1.29, 1.82) is 0 Å². The van der Waals surface area contributed by atoms with Crippen LogP contribution in [0.1, 0.15) is 116 Å². The lowest BCUT2D eigenvalue weighted by Gasteiger charge is -2.43. The highest BCUT2D eigenvalue weighted by Gasteiger charge is 2.46. The second-order valence-electron chi connectivity index (χ2n) is 19.9. The fourth-order valence-electron chi connectivity index (χ4n) is 9.34. The summed E-state index contributed by atoms with van der Waals surface area (Å²) in [6.07, 6.45) is -0.0208. The minimum atomic E-state index is -1.80. The Morgan fingerprint density at radius 2 is 1.49 bits per heavy atom. The third-order valence-electron chi connectivity index (χ3n) is 13.8. The first-order valence-electron chi connectivity index (χ1n) is 25.6. The van der Waals surface area contributed by atoms with E-state index >= 15 is 4.79 Å². The number of hydrogen-bond donors (Lipinski definition) is 9. The number of hydrogen-bond acceptors (Lipinski definition) is 13. The molecule has 74 heavy (non-hydrogen) atoms. The summed E-state index contributed by atoms with van der Waals surface area (Å²) >= 11 is 0. The van der Waals surface area contributed by atoms with Crippen LogP contribution in [-0.2, 0) is 60.7 Å². The van der Waals surface area contributed by atoms with E-state index in [2.05, 4.69) is 26.6 Å². The van der Waals surface area contributed by atoms with Crippen LogP contribution in [0, 0.1) is 5.92 Å². The maximum atomic E-state index is 15.1. The minimum Gasteiger partial charge on any atom is -0.508 e. The third-order valence-corrected chi connectivity index (χ3v) is 13.8. The molecule has 2 aliphatic heterocycles. The van der Waals surface area contributed by atoms with Crippen LogP contribution in [0.5, 0.6) is 5.75 Å². The highest BCUT2D eigenvalue weighted by Crippen LogP contribution is 2.27. The van der Waals surface area contributed by atoms with Crippen molar-refractivity contribution >= 4 is 53.2 Å². The fraction of sp³-hybridized carbons (Fsp3) is 0.566. The zero-order valence-corrected chi connectivity index (χ0v) is 42.9.